The number of fused-ring (bicyclic) bond motifs is 3. The molecule has 3 heterocycles. The average molecular weight is 444 g/mol. The number of hydrogen-bond acceptors (Lipinski definition) is 7. The molecule has 2 aliphatic carbocycles. The van der Waals surface area contributed by atoms with Crippen molar-refractivity contribution in [1.29, 1.82) is 0 Å². The molecule has 2 aromatic rings. The number of nitrogens with zero attached hydrogens (tertiary/aromatic N) is 3. The highest BCUT2D eigenvalue weighted by Crippen LogP contribution is 2.39. The van der Waals surface area contributed by atoms with Crippen LogP contribution in [0.25, 0.3) is 10.2 Å². The molecule has 2 amide bonds. The smallest absolute Gasteiger partial charge is 0.404 e. The summed E-state index contributed by atoms with van der Waals surface area (Å²) in [5.41, 5.74) is 6.52. The summed E-state index contributed by atoms with van der Waals surface area (Å²) in [4.78, 5) is 37.7. The Morgan fingerprint density at radius 2 is 1.90 bits per heavy atom. The second-order valence-corrected chi connectivity index (χ2v) is 9.98. The molecule has 0 aromatic carbocycles. The number of nitrogens with one attached hydrogen (secondary N) is 1. The number of hydrogen-bond donors (Lipinski definition) is 2. The van der Waals surface area contributed by atoms with Gasteiger partial charge in [-0.15, -0.1) is 11.3 Å². The highest BCUT2D eigenvalue weighted by molar-refractivity contribution is 7.19. The summed E-state index contributed by atoms with van der Waals surface area (Å²) >= 11 is 1.77. The van der Waals surface area contributed by atoms with Gasteiger partial charge in [0.25, 0.3) is 0 Å². The summed E-state index contributed by atoms with van der Waals surface area (Å²) in [5, 5.41) is 4.75. The van der Waals surface area contributed by atoms with Gasteiger partial charge in [0.2, 0.25) is 5.91 Å². The van der Waals surface area contributed by atoms with E-state index >= 15 is 0 Å². The lowest BCUT2D eigenvalue weighted by molar-refractivity contribution is -0.132. The predicted molar refractivity (Wildman–Crippen MR) is 119 cm³/mol. The second kappa shape index (κ2) is 8.61. The molecule has 3 N–H and O–H groups in total. The predicted octanol–water partition coefficient (Wildman–Crippen LogP) is 3.02. The van der Waals surface area contributed by atoms with Crippen molar-refractivity contribution >= 4 is 39.4 Å². The molecular formula is C22H29N5O3S. The van der Waals surface area contributed by atoms with Crippen LogP contribution in [0, 0.1) is 5.92 Å². The Bertz CT molecular complexity index is 995. The van der Waals surface area contributed by atoms with Gasteiger partial charge in [-0.1, -0.05) is 0 Å². The maximum Gasteiger partial charge on any atom is 0.404 e. The third-order valence-electron chi connectivity index (χ3n) is 6.50. The lowest BCUT2D eigenvalue weighted by Crippen LogP contribution is -2.42. The van der Waals surface area contributed by atoms with Gasteiger partial charge in [0.1, 0.15) is 22.6 Å². The van der Waals surface area contributed by atoms with Crippen LogP contribution in [-0.2, 0) is 28.8 Å². The lowest BCUT2D eigenvalue weighted by atomic mass is 9.97. The van der Waals surface area contributed by atoms with E-state index in [1.807, 2.05) is 4.90 Å². The van der Waals surface area contributed by atoms with Gasteiger partial charge in [0, 0.05) is 37.4 Å². The molecule has 2 fully saturated rings. The summed E-state index contributed by atoms with van der Waals surface area (Å²) in [5.74, 6) is 2.26. The number of nitrogens with two attached hydrogens (primary N) is 1. The number of carbonyl (C=O) groups excluding carboxylic acids is 2. The topological polar surface area (TPSA) is 110 Å². The van der Waals surface area contributed by atoms with E-state index in [9.17, 15) is 9.59 Å². The van der Waals surface area contributed by atoms with E-state index in [1.165, 1.54) is 41.5 Å². The van der Waals surface area contributed by atoms with Crippen LogP contribution in [0.5, 0.6) is 0 Å². The minimum absolute atomic E-state index is 0.0198. The normalized spacial score (nSPS) is 19.3. The number of amides is 2. The molecule has 1 aliphatic heterocycles. The van der Waals surface area contributed by atoms with Crippen molar-refractivity contribution in [3.63, 3.8) is 0 Å². The van der Waals surface area contributed by atoms with Gasteiger partial charge in [-0.05, 0) is 50.0 Å². The van der Waals surface area contributed by atoms with Crippen LogP contribution in [0.2, 0.25) is 0 Å². The maximum atomic E-state index is 12.9. The number of piperidine rings is 1. The minimum Gasteiger partial charge on any atom is -0.446 e. The van der Waals surface area contributed by atoms with Crippen LogP contribution < -0.4 is 11.1 Å². The molecule has 5 rings (SSSR count). The molecular weight excluding hydrogens is 414 g/mol. The van der Waals surface area contributed by atoms with E-state index in [1.54, 1.807) is 11.3 Å². The highest BCUT2D eigenvalue weighted by atomic mass is 32.1. The van der Waals surface area contributed by atoms with Crippen LogP contribution in [0.3, 0.4) is 0 Å². The van der Waals surface area contributed by atoms with Gasteiger partial charge in [-0.25, -0.2) is 14.8 Å². The number of carbonyl (C=O) groups is 2. The first kappa shape index (κ1) is 20.5. The molecule has 31 heavy (non-hydrogen) atoms. The summed E-state index contributed by atoms with van der Waals surface area (Å²) < 4.78 is 5.06. The number of ether oxygens (including phenoxy) is 1. The Kier molecular flexibility index (Phi) is 5.69. The summed E-state index contributed by atoms with van der Waals surface area (Å²) in [6, 6.07) is 0. The van der Waals surface area contributed by atoms with Gasteiger partial charge >= 0.3 is 6.09 Å². The average Bonchev–Trinajstić information content (AvgIpc) is 3.50. The highest BCUT2D eigenvalue weighted by Gasteiger charge is 2.27. The molecule has 0 radical (unpaired) electrons. The van der Waals surface area contributed by atoms with Crippen LogP contribution in [-0.4, -0.2) is 52.6 Å². The van der Waals surface area contributed by atoms with Gasteiger partial charge in [-0.3, -0.25) is 4.79 Å². The van der Waals surface area contributed by atoms with Crippen LogP contribution in [0.15, 0.2) is 0 Å². The number of anilines is 1. The van der Waals surface area contributed by atoms with Gasteiger partial charge in [-0.2, -0.15) is 0 Å². The zero-order chi connectivity index (χ0) is 21.4. The van der Waals surface area contributed by atoms with Crippen molar-refractivity contribution in [1.82, 2.24) is 14.9 Å². The second-order valence-electron chi connectivity index (χ2n) is 8.90. The van der Waals surface area contributed by atoms with Gasteiger partial charge in [0.05, 0.1) is 11.8 Å². The van der Waals surface area contributed by atoms with Gasteiger partial charge < -0.3 is 20.7 Å². The zero-order valence-electron chi connectivity index (χ0n) is 17.7. The first-order valence-electron chi connectivity index (χ1n) is 11.4. The van der Waals surface area contributed by atoms with Crippen molar-refractivity contribution in [2.45, 2.75) is 63.9 Å². The molecule has 166 valence electrons. The first-order valence-corrected chi connectivity index (χ1v) is 12.2. The number of primary amides is 1. The molecule has 0 unspecified atom stereocenters. The van der Waals surface area contributed by atoms with E-state index in [4.69, 9.17) is 20.4 Å². The third-order valence-corrected chi connectivity index (χ3v) is 7.69. The Balaban J connectivity index is 1.33. The summed E-state index contributed by atoms with van der Waals surface area (Å²) in [7, 11) is 0. The van der Waals surface area contributed by atoms with Crippen molar-refractivity contribution in [3.05, 3.63) is 16.3 Å². The molecule has 2 aromatic heterocycles. The standard InChI is InChI=1S/C22H29N5O3S/c23-22(29)30-14-7-9-27(10-8-14)18(28)11-17-25-20(24-12-13-5-6-13)19-15-3-1-2-4-16(15)31-21(19)26-17/h13-14H,1-12H2,(H2,23,29)(H,24,25,26). The Morgan fingerprint density at radius 3 is 2.65 bits per heavy atom. The van der Waals surface area contributed by atoms with Crippen molar-refractivity contribution in [2.24, 2.45) is 11.7 Å². The Morgan fingerprint density at radius 1 is 1.13 bits per heavy atom. The Hall–Kier alpha value is -2.42. The summed E-state index contributed by atoms with van der Waals surface area (Å²) in [6.07, 6.45) is 7.69. The van der Waals surface area contributed by atoms with Crippen molar-refractivity contribution in [3.8, 4) is 0 Å². The van der Waals surface area contributed by atoms with Crippen LogP contribution >= 0.6 is 11.3 Å². The number of rotatable bonds is 6. The largest absolute Gasteiger partial charge is 0.446 e. The molecule has 1 saturated carbocycles. The number of thiophene rings is 1. The first-order chi connectivity index (χ1) is 15.1. The lowest BCUT2D eigenvalue weighted by Gasteiger charge is -2.31. The monoisotopic (exact) mass is 443 g/mol. The molecule has 1 saturated heterocycles. The fourth-order valence-corrected chi connectivity index (χ4v) is 5.89. The molecule has 0 atom stereocenters. The van der Waals surface area contributed by atoms with Crippen LogP contribution in [0.4, 0.5) is 10.6 Å². The van der Waals surface area contributed by atoms with E-state index in [0.29, 0.717) is 31.8 Å². The Labute approximate surface area is 185 Å². The zero-order valence-corrected chi connectivity index (χ0v) is 18.5. The van der Waals surface area contributed by atoms with E-state index in [-0.39, 0.29) is 18.4 Å². The molecule has 0 bridgehead atoms. The fraction of sp³-hybridized carbons (Fsp3) is 0.636. The number of aromatic nitrogens is 2. The third kappa shape index (κ3) is 4.61. The molecule has 9 heteroatoms. The van der Waals surface area contributed by atoms with E-state index in [0.717, 1.165) is 36.0 Å². The van der Waals surface area contributed by atoms with E-state index < -0.39 is 6.09 Å². The maximum absolute atomic E-state index is 12.9. The summed E-state index contributed by atoms with van der Waals surface area (Å²) in [6.45, 7) is 2.05. The van der Waals surface area contributed by atoms with E-state index in [2.05, 4.69) is 5.32 Å². The fourth-order valence-electron chi connectivity index (χ4n) is 4.61. The SMILES string of the molecule is NC(=O)OC1CCN(C(=O)Cc2nc(NCC3CC3)c3c4c(sc3n2)CCCC4)CC1. The number of aryl methyl sites for hydroxylation is 2. The van der Waals surface area contributed by atoms with Crippen LogP contribution in [0.1, 0.15) is 54.8 Å². The minimum atomic E-state index is -0.753. The quantitative estimate of drug-likeness (QED) is 0.710. The number of likely N-dealkylation sites (tertiary alicyclic amines) is 1. The van der Waals surface area contributed by atoms with Crippen molar-refractivity contribution in [2.75, 3.05) is 25.0 Å². The van der Waals surface area contributed by atoms with Gasteiger partial charge in [0.15, 0.2) is 0 Å². The molecule has 8 nitrogen and oxygen atoms in total. The molecule has 3 aliphatic rings. The van der Waals surface area contributed by atoms with Crippen molar-refractivity contribution < 1.29 is 14.3 Å². The molecule has 0 spiro atoms.